The van der Waals surface area contributed by atoms with E-state index in [1.165, 1.54) is 29.7 Å². The van der Waals surface area contributed by atoms with Crippen molar-refractivity contribution in [3.63, 3.8) is 0 Å². The number of aromatic nitrogens is 1. The van der Waals surface area contributed by atoms with Gasteiger partial charge in [0.1, 0.15) is 12.6 Å². The number of hydrogen-bond donors (Lipinski definition) is 2. The fraction of sp³-hybridized carbons (Fsp3) is 0.176. The summed E-state index contributed by atoms with van der Waals surface area (Å²) in [5.41, 5.74) is 0.484. The summed E-state index contributed by atoms with van der Waals surface area (Å²) in [5.74, 6) is -0.311. The lowest BCUT2D eigenvalue weighted by Crippen LogP contribution is -2.44. The maximum Gasteiger partial charge on any atom is 0.326 e. The number of nitrogens with zero attached hydrogens (tertiary/aromatic N) is 1. The molecule has 0 fully saturated rings. The van der Waals surface area contributed by atoms with Gasteiger partial charge in [0.15, 0.2) is 10.8 Å². The Labute approximate surface area is 173 Å². The number of furan rings is 1. The Balaban J connectivity index is 1.61. The Morgan fingerprint density at radius 1 is 1.32 bits per heavy atom. The number of thiazole rings is 1. The standard InChI is InChI=1S/C17H15BrN2O6S2/c18-11-3-5-13(6-4-11)28(23,24)20-14(8-21)17(22)26-9-12-10-27-16(19-12)15-2-1-7-25-15/h1-7,10,14,20-21H,8-9H2. The van der Waals surface area contributed by atoms with Gasteiger partial charge in [-0.2, -0.15) is 4.72 Å². The minimum atomic E-state index is -4.00. The average molecular weight is 487 g/mol. The number of nitrogens with one attached hydrogen (secondary N) is 1. The Kier molecular flexibility index (Phi) is 6.62. The molecule has 8 nitrogen and oxygen atoms in total. The largest absolute Gasteiger partial charge is 0.462 e. The van der Waals surface area contributed by atoms with Crippen LogP contribution in [0.5, 0.6) is 0 Å². The predicted molar refractivity (Wildman–Crippen MR) is 105 cm³/mol. The fourth-order valence-corrected chi connectivity index (χ4v) is 4.37. The van der Waals surface area contributed by atoms with E-state index in [1.807, 2.05) is 0 Å². The molecule has 0 aliphatic heterocycles. The number of sulfonamides is 1. The van der Waals surface area contributed by atoms with Crippen molar-refractivity contribution >= 4 is 43.3 Å². The number of benzene rings is 1. The number of halogens is 1. The first-order chi connectivity index (χ1) is 13.4. The lowest BCUT2D eigenvalue weighted by molar-refractivity contribution is -0.148. The van der Waals surface area contributed by atoms with Crippen LogP contribution in [-0.2, 0) is 26.2 Å². The zero-order valence-electron chi connectivity index (χ0n) is 14.2. The molecule has 0 saturated carbocycles. The summed E-state index contributed by atoms with van der Waals surface area (Å²) in [5, 5.41) is 11.7. The highest BCUT2D eigenvalue weighted by Crippen LogP contribution is 2.24. The second-order valence-electron chi connectivity index (χ2n) is 5.54. The minimum Gasteiger partial charge on any atom is -0.462 e. The fourth-order valence-electron chi connectivity index (χ4n) is 2.16. The van der Waals surface area contributed by atoms with Gasteiger partial charge in [0, 0.05) is 9.85 Å². The van der Waals surface area contributed by atoms with Crippen LogP contribution < -0.4 is 4.72 Å². The maximum atomic E-state index is 12.4. The summed E-state index contributed by atoms with van der Waals surface area (Å²) in [6, 6.07) is 7.92. The molecule has 0 saturated heterocycles. The van der Waals surface area contributed by atoms with Crippen LogP contribution in [0.3, 0.4) is 0 Å². The van der Waals surface area contributed by atoms with E-state index in [1.54, 1.807) is 29.6 Å². The quantitative estimate of drug-likeness (QED) is 0.469. The third-order valence-electron chi connectivity index (χ3n) is 3.53. The van der Waals surface area contributed by atoms with Crippen molar-refractivity contribution in [2.45, 2.75) is 17.5 Å². The summed E-state index contributed by atoms with van der Waals surface area (Å²) in [7, 11) is -4.00. The number of ether oxygens (including phenoxy) is 1. The molecule has 0 aliphatic carbocycles. The van der Waals surface area contributed by atoms with E-state index < -0.39 is 28.6 Å². The number of aliphatic hydroxyl groups excluding tert-OH is 1. The van der Waals surface area contributed by atoms with Gasteiger partial charge in [0.2, 0.25) is 10.0 Å². The molecule has 1 aromatic carbocycles. The third kappa shape index (κ3) is 5.06. The maximum absolute atomic E-state index is 12.4. The Bertz CT molecular complexity index is 1030. The molecular weight excluding hydrogens is 472 g/mol. The molecule has 0 amide bonds. The first-order valence-electron chi connectivity index (χ1n) is 7.93. The number of rotatable bonds is 8. The SMILES string of the molecule is O=C(OCc1csc(-c2ccco2)n1)C(CO)NS(=O)(=O)c1ccc(Br)cc1. The summed E-state index contributed by atoms with van der Waals surface area (Å²) < 4.78 is 37.9. The van der Waals surface area contributed by atoms with Gasteiger partial charge in [-0.25, -0.2) is 13.4 Å². The molecule has 0 radical (unpaired) electrons. The molecule has 1 atom stereocenters. The highest BCUT2D eigenvalue weighted by atomic mass is 79.9. The Hall–Kier alpha value is -2.05. The van der Waals surface area contributed by atoms with Crippen LogP contribution in [0.1, 0.15) is 5.69 Å². The molecule has 2 aromatic heterocycles. The highest BCUT2D eigenvalue weighted by Gasteiger charge is 2.26. The summed E-state index contributed by atoms with van der Waals surface area (Å²) >= 11 is 4.54. The molecule has 0 bridgehead atoms. The van der Waals surface area contributed by atoms with E-state index >= 15 is 0 Å². The van der Waals surface area contributed by atoms with Crippen LogP contribution >= 0.6 is 27.3 Å². The van der Waals surface area contributed by atoms with Crippen LogP contribution in [0.4, 0.5) is 0 Å². The van der Waals surface area contributed by atoms with Gasteiger partial charge in [-0.15, -0.1) is 11.3 Å². The number of carbonyl (C=O) groups is 1. The van der Waals surface area contributed by atoms with Crippen molar-refractivity contribution in [3.8, 4) is 10.8 Å². The van der Waals surface area contributed by atoms with Gasteiger partial charge in [-0.1, -0.05) is 15.9 Å². The van der Waals surface area contributed by atoms with Crippen molar-refractivity contribution in [1.29, 1.82) is 0 Å². The summed E-state index contributed by atoms with van der Waals surface area (Å²) in [6.07, 6.45) is 1.53. The van der Waals surface area contributed by atoms with Gasteiger partial charge in [-0.3, -0.25) is 4.79 Å². The van der Waals surface area contributed by atoms with Crippen LogP contribution in [-0.4, -0.2) is 37.1 Å². The number of aliphatic hydroxyl groups is 1. The molecule has 0 aliphatic rings. The van der Waals surface area contributed by atoms with Gasteiger partial charge in [-0.05, 0) is 36.4 Å². The molecule has 2 heterocycles. The van der Waals surface area contributed by atoms with Crippen molar-refractivity contribution in [2.24, 2.45) is 0 Å². The molecule has 28 heavy (non-hydrogen) atoms. The lowest BCUT2D eigenvalue weighted by atomic mass is 10.3. The highest BCUT2D eigenvalue weighted by molar-refractivity contribution is 9.10. The monoisotopic (exact) mass is 486 g/mol. The lowest BCUT2D eigenvalue weighted by Gasteiger charge is -2.15. The van der Waals surface area contributed by atoms with Gasteiger partial charge in [0.25, 0.3) is 0 Å². The van der Waals surface area contributed by atoms with E-state index in [-0.39, 0.29) is 11.5 Å². The molecule has 1 unspecified atom stereocenters. The van der Waals surface area contributed by atoms with Gasteiger partial charge in [0.05, 0.1) is 23.5 Å². The summed E-state index contributed by atoms with van der Waals surface area (Å²) in [4.78, 5) is 16.4. The number of esters is 1. The zero-order valence-corrected chi connectivity index (χ0v) is 17.5. The average Bonchev–Trinajstić information content (AvgIpc) is 3.36. The Morgan fingerprint density at radius 2 is 2.07 bits per heavy atom. The molecular formula is C17H15BrN2O6S2. The predicted octanol–water partition coefficient (Wildman–Crippen LogP) is 2.55. The summed E-state index contributed by atoms with van der Waals surface area (Å²) in [6.45, 7) is -0.907. The molecule has 3 rings (SSSR count). The van der Waals surface area contributed by atoms with Crippen molar-refractivity contribution in [1.82, 2.24) is 9.71 Å². The topological polar surface area (TPSA) is 119 Å². The van der Waals surface area contributed by atoms with Gasteiger partial charge >= 0.3 is 5.97 Å². The van der Waals surface area contributed by atoms with Crippen molar-refractivity contribution < 1.29 is 27.5 Å². The van der Waals surface area contributed by atoms with Crippen LogP contribution in [0.2, 0.25) is 0 Å². The third-order valence-corrected chi connectivity index (χ3v) is 6.46. The molecule has 2 N–H and O–H groups in total. The molecule has 0 spiro atoms. The first-order valence-corrected chi connectivity index (χ1v) is 11.1. The molecule has 11 heteroatoms. The number of carbonyl (C=O) groups excluding carboxylic acids is 1. The van der Waals surface area contributed by atoms with Crippen molar-refractivity contribution in [2.75, 3.05) is 6.61 Å². The van der Waals surface area contributed by atoms with Crippen LogP contribution in [0, 0.1) is 0 Å². The molecule has 3 aromatic rings. The van der Waals surface area contributed by atoms with Gasteiger partial charge < -0.3 is 14.3 Å². The smallest absolute Gasteiger partial charge is 0.326 e. The first kappa shape index (κ1) is 20.7. The minimum absolute atomic E-state index is 0.0375. The van der Waals surface area contributed by atoms with Crippen molar-refractivity contribution in [3.05, 3.63) is 58.2 Å². The Morgan fingerprint density at radius 3 is 2.71 bits per heavy atom. The zero-order chi connectivity index (χ0) is 20.1. The number of hydrogen-bond acceptors (Lipinski definition) is 8. The van der Waals surface area contributed by atoms with E-state index in [0.29, 0.717) is 20.9 Å². The van der Waals surface area contributed by atoms with E-state index in [2.05, 4.69) is 25.6 Å². The second kappa shape index (κ2) is 8.97. The van der Waals surface area contributed by atoms with Crippen LogP contribution in [0.15, 0.2) is 61.8 Å². The molecule has 148 valence electrons. The van der Waals surface area contributed by atoms with Crippen LogP contribution in [0.25, 0.3) is 10.8 Å². The van der Waals surface area contributed by atoms with E-state index in [4.69, 9.17) is 9.15 Å². The van der Waals surface area contributed by atoms with E-state index in [9.17, 15) is 18.3 Å². The second-order valence-corrected chi connectivity index (χ2v) is 9.03. The normalized spacial score (nSPS) is 12.6. The van der Waals surface area contributed by atoms with E-state index in [0.717, 1.165) is 0 Å².